The smallest absolute Gasteiger partial charge is 0.242 e. The van der Waals surface area contributed by atoms with E-state index >= 15 is 0 Å². The van der Waals surface area contributed by atoms with Gasteiger partial charge in [-0.05, 0) is 38.8 Å². The van der Waals surface area contributed by atoms with Crippen LogP contribution in [0.3, 0.4) is 0 Å². The predicted octanol–water partition coefficient (Wildman–Crippen LogP) is 4.70. The number of rotatable bonds is 10. The molecule has 2 aromatic carbocycles. The van der Waals surface area contributed by atoms with E-state index in [1.165, 1.54) is 28.3 Å². The van der Waals surface area contributed by atoms with E-state index in [4.69, 9.17) is 0 Å². The second-order valence-electron chi connectivity index (χ2n) is 7.59. The monoisotopic (exact) mass is 430 g/mol. The molecule has 6 heteroatoms. The summed E-state index contributed by atoms with van der Waals surface area (Å²) in [5, 5.41) is 2.92. The highest BCUT2D eigenvalue weighted by molar-refractivity contribution is 7.99. The Bertz CT molecular complexity index is 859. The Morgan fingerprint density at radius 2 is 1.87 bits per heavy atom. The summed E-state index contributed by atoms with van der Waals surface area (Å²) in [5.74, 6) is 0.148. The zero-order valence-electron chi connectivity index (χ0n) is 18.2. The molecule has 0 aromatic heterocycles. The van der Waals surface area contributed by atoms with Crippen LogP contribution in [0.2, 0.25) is 0 Å². The highest BCUT2D eigenvalue weighted by Gasteiger charge is 2.27. The number of carbonyl (C=O) groups is 2. The van der Waals surface area contributed by atoms with Crippen molar-refractivity contribution in [2.24, 2.45) is 0 Å². The first-order chi connectivity index (χ1) is 14.3. The number of halogens is 1. The van der Waals surface area contributed by atoms with Gasteiger partial charge >= 0.3 is 0 Å². The molecule has 162 valence electrons. The lowest BCUT2D eigenvalue weighted by Gasteiger charge is -2.29. The molecule has 0 saturated carbocycles. The predicted molar refractivity (Wildman–Crippen MR) is 122 cm³/mol. The zero-order valence-corrected chi connectivity index (χ0v) is 19.0. The molecule has 1 N–H and O–H groups in total. The van der Waals surface area contributed by atoms with E-state index in [9.17, 15) is 14.0 Å². The minimum absolute atomic E-state index is 0.0149. The van der Waals surface area contributed by atoms with Crippen LogP contribution in [-0.4, -0.2) is 34.6 Å². The Labute approximate surface area is 183 Å². The molecule has 2 atom stereocenters. The Morgan fingerprint density at radius 1 is 1.13 bits per heavy atom. The lowest BCUT2D eigenvalue weighted by molar-refractivity contribution is -0.139. The van der Waals surface area contributed by atoms with Crippen LogP contribution >= 0.6 is 11.8 Å². The molecule has 0 fully saturated rings. The van der Waals surface area contributed by atoms with Crippen LogP contribution < -0.4 is 5.32 Å². The summed E-state index contributed by atoms with van der Waals surface area (Å²) in [7, 11) is 0. The van der Waals surface area contributed by atoms with Gasteiger partial charge in [0.05, 0.1) is 5.75 Å². The number of hydrogen-bond acceptors (Lipinski definition) is 3. The molecule has 2 rings (SSSR count). The molecular weight excluding hydrogens is 399 g/mol. The summed E-state index contributed by atoms with van der Waals surface area (Å²) in [6.07, 6.45) is 0.798. The first-order valence-corrected chi connectivity index (χ1v) is 11.4. The van der Waals surface area contributed by atoms with Gasteiger partial charge in [-0.2, -0.15) is 0 Å². The van der Waals surface area contributed by atoms with Gasteiger partial charge in [-0.1, -0.05) is 55.0 Å². The molecular formula is C24H31FN2O2S. The van der Waals surface area contributed by atoms with Crippen molar-refractivity contribution in [3.8, 4) is 0 Å². The Balaban J connectivity index is 2.09. The fraction of sp³-hybridized carbons (Fsp3) is 0.417. The van der Waals surface area contributed by atoms with Crippen LogP contribution in [0.1, 0.15) is 43.9 Å². The summed E-state index contributed by atoms with van der Waals surface area (Å²) in [4.78, 5) is 27.2. The van der Waals surface area contributed by atoms with Crippen LogP contribution in [-0.2, 0) is 21.9 Å². The van der Waals surface area contributed by atoms with E-state index < -0.39 is 6.04 Å². The van der Waals surface area contributed by atoms with Crippen molar-refractivity contribution in [1.82, 2.24) is 10.2 Å². The Kier molecular flexibility index (Phi) is 9.37. The first-order valence-electron chi connectivity index (χ1n) is 10.3. The third-order valence-electron chi connectivity index (χ3n) is 5.04. The van der Waals surface area contributed by atoms with Crippen molar-refractivity contribution in [2.45, 2.75) is 58.5 Å². The molecule has 0 saturated heterocycles. The minimum Gasteiger partial charge on any atom is -0.352 e. The third-order valence-corrected chi connectivity index (χ3v) is 6.03. The molecule has 0 aliphatic carbocycles. The molecule has 0 heterocycles. The van der Waals surface area contributed by atoms with E-state index in [0.717, 1.165) is 12.0 Å². The largest absolute Gasteiger partial charge is 0.352 e. The summed E-state index contributed by atoms with van der Waals surface area (Å²) in [5.41, 5.74) is 2.73. The van der Waals surface area contributed by atoms with E-state index in [0.29, 0.717) is 11.3 Å². The van der Waals surface area contributed by atoms with Crippen LogP contribution in [0.5, 0.6) is 0 Å². The molecule has 30 heavy (non-hydrogen) atoms. The van der Waals surface area contributed by atoms with E-state index in [-0.39, 0.29) is 36.0 Å². The van der Waals surface area contributed by atoms with Crippen molar-refractivity contribution >= 4 is 23.6 Å². The van der Waals surface area contributed by atoms with Crippen molar-refractivity contribution < 1.29 is 14.0 Å². The number of benzene rings is 2. The minimum atomic E-state index is -0.689. The fourth-order valence-electron chi connectivity index (χ4n) is 3.00. The fourth-order valence-corrected chi connectivity index (χ4v) is 3.86. The van der Waals surface area contributed by atoms with Gasteiger partial charge in [0.25, 0.3) is 0 Å². The summed E-state index contributed by atoms with van der Waals surface area (Å²) in [6, 6.07) is 13.8. The highest BCUT2D eigenvalue weighted by atomic mass is 32.2. The van der Waals surface area contributed by atoms with Gasteiger partial charge < -0.3 is 10.2 Å². The highest BCUT2D eigenvalue weighted by Crippen LogP contribution is 2.18. The maximum atomic E-state index is 14.2. The van der Waals surface area contributed by atoms with Crippen LogP contribution in [0.15, 0.2) is 48.5 Å². The number of hydrogen-bond donors (Lipinski definition) is 1. The van der Waals surface area contributed by atoms with Gasteiger partial charge in [0.2, 0.25) is 11.8 Å². The average Bonchev–Trinajstić information content (AvgIpc) is 2.72. The van der Waals surface area contributed by atoms with E-state index in [2.05, 4.69) is 11.4 Å². The number of nitrogens with one attached hydrogen (secondary N) is 1. The quantitative estimate of drug-likeness (QED) is 0.594. The molecule has 0 radical (unpaired) electrons. The number of amides is 2. The van der Waals surface area contributed by atoms with Crippen LogP contribution in [0.4, 0.5) is 4.39 Å². The van der Waals surface area contributed by atoms with Crippen molar-refractivity contribution in [3.63, 3.8) is 0 Å². The molecule has 2 amide bonds. The molecule has 0 aliphatic heterocycles. The Hall–Kier alpha value is -2.34. The topological polar surface area (TPSA) is 49.4 Å². The molecule has 2 aromatic rings. The number of nitrogens with zero attached hydrogens (tertiary/aromatic N) is 1. The molecule has 4 nitrogen and oxygen atoms in total. The number of aryl methyl sites for hydroxylation is 1. The summed E-state index contributed by atoms with van der Waals surface area (Å²) in [6.45, 7) is 7.70. The molecule has 0 aliphatic rings. The summed E-state index contributed by atoms with van der Waals surface area (Å²) < 4.78 is 14.2. The van der Waals surface area contributed by atoms with Gasteiger partial charge in [0.15, 0.2) is 0 Å². The molecule has 0 spiro atoms. The van der Waals surface area contributed by atoms with Crippen LogP contribution in [0.25, 0.3) is 0 Å². The molecule has 0 unspecified atom stereocenters. The first kappa shape index (κ1) is 23.9. The third kappa shape index (κ3) is 7.17. The normalized spacial score (nSPS) is 12.8. The lowest BCUT2D eigenvalue weighted by atomic mass is 10.1. The van der Waals surface area contributed by atoms with Crippen molar-refractivity contribution in [1.29, 1.82) is 0 Å². The SMILES string of the molecule is CC[C@H](C)NC(=O)[C@@H](C)N(Cc1ccccc1F)C(=O)CSCc1cccc(C)c1. The second kappa shape index (κ2) is 11.7. The van der Waals surface area contributed by atoms with Gasteiger partial charge in [-0.3, -0.25) is 9.59 Å². The van der Waals surface area contributed by atoms with Gasteiger partial charge in [0, 0.05) is 23.9 Å². The number of thioether (sulfide) groups is 1. The standard InChI is InChI=1S/C24H31FN2O2S/c1-5-18(3)26-24(29)19(4)27(14-21-11-6-7-12-22(21)25)23(28)16-30-15-20-10-8-9-17(2)13-20/h6-13,18-19H,5,14-16H2,1-4H3,(H,26,29)/t18-,19+/m0/s1. The zero-order chi connectivity index (χ0) is 22.1. The lowest BCUT2D eigenvalue weighted by Crippen LogP contribution is -2.50. The average molecular weight is 431 g/mol. The number of carbonyl (C=O) groups excluding carboxylic acids is 2. The second-order valence-corrected chi connectivity index (χ2v) is 8.57. The van der Waals surface area contributed by atoms with Gasteiger partial charge in [0.1, 0.15) is 11.9 Å². The van der Waals surface area contributed by atoms with Crippen LogP contribution in [0, 0.1) is 12.7 Å². The summed E-state index contributed by atoms with van der Waals surface area (Å²) >= 11 is 1.50. The maximum absolute atomic E-state index is 14.2. The Morgan fingerprint density at radius 3 is 2.53 bits per heavy atom. The van der Waals surface area contributed by atoms with Crippen molar-refractivity contribution in [2.75, 3.05) is 5.75 Å². The van der Waals surface area contributed by atoms with E-state index in [1.54, 1.807) is 25.1 Å². The molecule has 0 bridgehead atoms. The van der Waals surface area contributed by atoms with E-state index in [1.807, 2.05) is 39.0 Å². The van der Waals surface area contributed by atoms with Gasteiger partial charge in [-0.15, -0.1) is 11.8 Å². The van der Waals surface area contributed by atoms with Crippen molar-refractivity contribution in [3.05, 3.63) is 71.0 Å². The maximum Gasteiger partial charge on any atom is 0.242 e. The van der Waals surface area contributed by atoms with Gasteiger partial charge in [-0.25, -0.2) is 4.39 Å².